The second kappa shape index (κ2) is 6.39. The molecular weight excluding hydrogens is 406 g/mol. The quantitative estimate of drug-likeness (QED) is 0.806. The van der Waals surface area contributed by atoms with Crippen molar-refractivity contribution in [1.29, 1.82) is 0 Å². The van der Waals surface area contributed by atoms with Crippen LogP contribution in [0.15, 0.2) is 62.4 Å². The van der Waals surface area contributed by atoms with Crippen LogP contribution in [0.1, 0.15) is 18.5 Å². The Kier molecular flexibility index (Phi) is 5.01. The molecule has 0 radical (unpaired) electrons. The fourth-order valence-electron chi connectivity index (χ4n) is 1.78. The van der Waals surface area contributed by atoms with E-state index in [0.717, 1.165) is 10.0 Å². The van der Waals surface area contributed by atoms with E-state index in [9.17, 15) is 8.42 Å². The number of benzene rings is 2. The molecule has 1 N–H and O–H groups in total. The van der Waals surface area contributed by atoms with Gasteiger partial charge in [0.1, 0.15) is 0 Å². The van der Waals surface area contributed by atoms with Crippen LogP contribution in [0.25, 0.3) is 0 Å². The molecule has 2 aromatic rings. The van der Waals surface area contributed by atoms with Gasteiger partial charge in [-0.15, -0.1) is 0 Å². The molecule has 6 heteroatoms. The van der Waals surface area contributed by atoms with E-state index in [1.807, 2.05) is 31.2 Å². The van der Waals surface area contributed by atoms with Crippen molar-refractivity contribution < 1.29 is 8.42 Å². The zero-order chi connectivity index (χ0) is 14.8. The minimum atomic E-state index is -3.56. The van der Waals surface area contributed by atoms with E-state index in [1.165, 1.54) is 0 Å². The maximum Gasteiger partial charge on any atom is 0.242 e. The molecule has 0 amide bonds. The summed E-state index contributed by atoms with van der Waals surface area (Å²) in [4.78, 5) is 0.240. The van der Waals surface area contributed by atoms with Gasteiger partial charge < -0.3 is 0 Å². The van der Waals surface area contributed by atoms with Crippen molar-refractivity contribution >= 4 is 41.9 Å². The second-order valence-electron chi connectivity index (χ2n) is 4.32. The summed E-state index contributed by atoms with van der Waals surface area (Å²) in [7, 11) is -3.56. The van der Waals surface area contributed by atoms with Crippen LogP contribution in [0.2, 0.25) is 0 Å². The van der Waals surface area contributed by atoms with E-state index in [4.69, 9.17) is 0 Å². The summed E-state index contributed by atoms with van der Waals surface area (Å²) >= 11 is 6.62. The van der Waals surface area contributed by atoms with E-state index in [0.29, 0.717) is 4.47 Å². The van der Waals surface area contributed by atoms with Gasteiger partial charge in [0.25, 0.3) is 0 Å². The summed E-state index contributed by atoms with van der Waals surface area (Å²) in [5.74, 6) is 0. The SMILES string of the molecule is C[C@@H](NS(=O)(=O)c1ccccc1Br)c1ccc(Br)cc1. The summed E-state index contributed by atoms with van der Waals surface area (Å²) in [5, 5.41) is 0. The number of sulfonamides is 1. The Morgan fingerprint density at radius 3 is 2.20 bits per heavy atom. The maximum atomic E-state index is 12.4. The number of nitrogens with one attached hydrogen (secondary N) is 1. The first-order chi connectivity index (χ1) is 9.40. The second-order valence-corrected chi connectivity index (χ2v) is 7.78. The molecule has 0 aliphatic rings. The first kappa shape index (κ1) is 15.7. The summed E-state index contributed by atoms with van der Waals surface area (Å²) in [6, 6.07) is 14.0. The van der Waals surface area contributed by atoms with Crippen LogP contribution in [-0.2, 0) is 10.0 Å². The van der Waals surface area contributed by atoms with Gasteiger partial charge in [-0.05, 0) is 52.7 Å². The van der Waals surface area contributed by atoms with Gasteiger partial charge in [-0.2, -0.15) is 0 Å². The molecule has 0 aliphatic carbocycles. The highest BCUT2D eigenvalue weighted by Gasteiger charge is 2.20. The van der Waals surface area contributed by atoms with Crippen LogP contribution in [0.3, 0.4) is 0 Å². The fourth-order valence-corrected chi connectivity index (χ4v) is 4.28. The van der Waals surface area contributed by atoms with Crippen molar-refractivity contribution in [1.82, 2.24) is 4.72 Å². The largest absolute Gasteiger partial charge is 0.242 e. The first-order valence-corrected chi connectivity index (χ1v) is 8.99. The molecule has 0 fully saturated rings. The van der Waals surface area contributed by atoms with Crippen molar-refractivity contribution in [2.45, 2.75) is 17.9 Å². The average molecular weight is 419 g/mol. The van der Waals surface area contributed by atoms with Crippen LogP contribution in [0.4, 0.5) is 0 Å². The summed E-state index contributed by atoms with van der Waals surface area (Å²) in [6.45, 7) is 1.82. The topological polar surface area (TPSA) is 46.2 Å². The zero-order valence-electron chi connectivity index (χ0n) is 10.7. The van der Waals surface area contributed by atoms with Crippen LogP contribution in [0, 0.1) is 0 Å². The molecule has 0 saturated carbocycles. The van der Waals surface area contributed by atoms with E-state index in [2.05, 4.69) is 36.6 Å². The monoisotopic (exact) mass is 417 g/mol. The molecule has 0 aliphatic heterocycles. The Balaban J connectivity index is 2.24. The Morgan fingerprint density at radius 2 is 1.60 bits per heavy atom. The van der Waals surface area contributed by atoms with Crippen molar-refractivity contribution in [3.05, 3.63) is 63.0 Å². The highest BCUT2D eigenvalue weighted by Crippen LogP contribution is 2.24. The lowest BCUT2D eigenvalue weighted by Crippen LogP contribution is -2.27. The lowest BCUT2D eigenvalue weighted by atomic mass is 10.1. The molecule has 0 unspecified atom stereocenters. The molecule has 3 nitrogen and oxygen atoms in total. The summed E-state index contributed by atoms with van der Waals surface area (Å²) in [5.41, 5.74) is 0.906. The number of hydrogen-bond acceptors (Lipinski definition) is 2. The van der Waals surface area contributed by atoms with Crippen LogP contribution in [-0.4, -0.2) is 8.42 Å². The smallest absolute Gasteiger partial charge is 0.207 e. The minimum absolute atomic E-state index is 0.240. The lowest BCUT2D eigenvalue weighted by molar-refractivity contribution is 0.566. The highest BCUT2D eigenvalue weighted by molar-refractivity contribution is 9.10. The molecule has 0 heterocycles. The molecular formula is C14H13Br2NO2S. The summed E-state index contributed by atoms with van der Waals surface area (Å²) in [6.07, 6.45) is 0. The van der Waals surface area contributed by atoms with Gasteiger partial charge in [-0.3, -0.25) is 0 Å². The van der Waals surface area contributed by atoms with Gasteiger partial charge >= 0.3 is 0 Å². The zero-order valence-corrected chi connectivity index (χ0v) is 14.7. The number of rotatable bonds is 4. The average Bonchev–Trinajstić information content (AvgIpc) is 2.39. The van der Waals surface area contributed by atoms with Crippen molar-refractivity contribution in [2.75, 3.05) is 0 Å². The van der Waals surface area contributed by atoms with Crippen molar-refractivity contribution in [2.24, 2.45) is 0 Å². The Bertz CT molecular complexity index is 699. The van der Waals surface area contributed by atoms with Crippen molar-refractivity contribution in [3.63, 3.8) is 0 Å². The Labute approximate surface area is 135 Å². The third-order valence-electron chi connectivity index (χ3n) is 2.83. The van der Waals surface area contributed by atoms with Crippen LogP contribution >= 0.6 is 31.9 Å². The number of hydrogen-bond donors (Lipinski definition) is 1. The van der Waals surface area contributed by atoms with Gasteiger partial charge in [0.15, 0.2) is 0 Å². The molecule has 0 bridgehead atoms. The maximum absolute atomic E-state index is 12.4. The first-order valence-electron chi connectivity index (χ1n) is 5.92. The normalized spacial score (nSPS) is 13.2. The molecule has 106 valence electrons. The van der Waals surface area contributed by atoms with Crippen molar-refractivity contribution in [3.8, 4) is 0 Å². The standard InChI is InChI=1S/C14H13Br2NO2S/c1-10(11-6-8-12(15)9-7-11)17-20(18,19)14-5-3-2-4-13(14)16/h2-10,17H,1H3/t10-/m1/s1. The van der Waals surface area contributed by atoms with Crippen LogP contribution in [0.5, 0.6) is 0 Å². The summed E-state index contributed by atoms with van der Waals surface area (Å²) < 4.78 is 28.9. The highest BCUT2D eigenvalue weighted by atomic mass is 79.9. The minimum Gasteiger partial charge on any atom is -0.207 e. The predicted octanol–water partition coefficient (Wildman–Crippen LogP) is 4.25. The molecule has 2 rings (SSSR count). The van der Waals surface area contributed by atoms with E-state index in [1.54, 1.807) is 24.3 Å². The fraction of sp³-hybridized carbons (Fsp3) is 0.143. The van der Waals surface area contributed by atoms with E-state index < -0.39 is 10.0 Å². The van der Waals surface area contributed by atoms with Gasteiger partial charge in [-0.25, -0.2) is 13.1 Å². The lowest BCUT2D eigenvalue weighted by Gasteiger charge is -2.15. The van der Waals surface area contributed by atoms with E-state index in [-0.39, 0.29) is 10.9 Å². The molecule has 1 atom stereocenters. The molecule has 0 aromatic heterocycles. The van der Waals surface area contributed by atoms with E-state index >= 15 is 0 Å². The number of halogens is 2. The molecule has 2 aromatic carbocycles. The third kappa shape index (κ3) is 3.69. The van der Waals surface area contributed by atoms with Gasteiger partial charge in [0.2, 0.25) is 10.0 Å². The van der Waals surface area contributed by atoms with Crippen LogP contribution < -0.4 is 4.72 Å². The molecule has 0 saturated heterocycles. The molecule has 20 heavy (non-hydrogen) atoms. The Hall–Kier alpha value is -0.690. The Morgan fingerprint density at radius 1 is 1.00 bits per heavy atom. The predicted molar refractivity (Wildman–Crippen MR) is 87.0 cm³/mol. The molecule has 0 spiro atoms. The van der Waals surface area contributed by atoms with Gasteiger partial charge in [0, 0.05) is 15.0 Å². The van der Waals surface area contributed by atoms with Gasteiger partial charge in [0.05, 0.1) is 4.90 Å². The van der Waals surface area contributed by atoms with Gasteiger partial charge in [-0.1, -0.05) is 40.2 Å². The third-order valence-corrected chi connectivity index (χ3v) is 5.91.